The maximum Gasteiger partial charge on any atom is 0.336 e. The van der Waals surface area contributed by atoms with Crippen LogP contribution >= 0.6 is 0 Å². The van der Waals surface area contributed by atoms with Gasteiger partial charge in [0.2, 0.25) is 10.0 Å². The summed E-state index contributed by atoms with van der Waals surface area (Å²) in [6.45, 7) is 6.11. The van der Waals surface area contributed by atoms with Gasteiger partial charge in [0.25, 0.3) is 5.56 Å². The van der Waals surface area contributed by atoms with E-state index in [1.165, 1.54) is 18.2 Å². The number of anilines is 1. The van der Waals surface area contributed by atoms with Crippen LogP contribution in [0.5, 0.6) is 5.75 Å². The Balaban J connectivity index is 2.19. The molecule has 1 heterocycles. The van der Waals surface area contributed by atoms with Crippen LogP contribution in [0.25, 0.3) is 23.3 Å². The van der Waals surface area contributed by atoms with Crippen molar-refractivity contribution < 1.29 is 23.1 Å². The standard InChI is InChI=1S/C26H28N2O6S/c1-26(2,3)22-14-18(20-7-6-12-27-24(20)29)13-17(23(22)34-4)9-8-16-10-11-19(28-35(5,32)33)15-21(16)25(30)31/h6-15,28H,1-5H3,(H,27,29)(H,30,31). The summed E-state index contributed by atoms with van der Waals surface area (Å²) in [6.07, 6.45) is 5.90. The first kappa shape index (κ1) is 25.8. The number of aromatic amines is 1. The first-order chi connectivity index (χ1) is 16.3. The van der Waals surface area contributed by atoms with Crippen molar-refractivity contribution in [1.29, 1.82) is 0 Å². The molecule has 3 N–H and O–H groups in total. The highest BCUT2D eigenvalue weighted by Crippen LogP contribution is 2.38. The smallest absolute Gasteiger partial charge is 0.336 e. The van der Waals surface area contributed by atoms with Gasteiger partial charge < -0.3 is 14.8 Å². The molecule has 0 radical (unpaired) electrons. The average molecular weight is 497 g/mol. The second-order valence-corrected chi connectivity index (χ2v) is 10.9. The van der Waals surface area contributed by atoms with Gasteiger partial charge in [-0.05, 0) is 52.9 Å². The first-order valence-corrected chi connectivity index (χ1v) is 12.6. The van der Waals surface area contributed by atoms with Crippen LogP contribution in [0.15, 0.2) is 53.5 Å². The third kappa shape index (κ3) is 6.19. The lowest BCUT2D eigenvalue weighted by molar-refractivity contribution is 0.0696. The Morgan fingerprint density at radius 1 is 1.09 bits per heavy atom. The predicted octanol–water partition coefficient (Wildman–Crippen LogP) is 4.59. The Hall–Kier alpha value is -3.85. The SMILES string of the molecule is COc1c(C=Cc2ccc(NS(C)(=O)=O)cc2C(=O)O)cc(-c2ccc[nH]c2=O)cc1C(C)(C)C. The molecule has 0 amide bonds. The van der Waals surface area contributed by atoms with E-state index in [0.29, 0.717) is 28.0 Å². The van der Waals surface area contributed by atoms with Crippen LogP contribution in [0.3, 0.4) is 0 Å². The number of sulfonamides is 1. The van der Waals surface area contributed by atoms with Crippen molar-refractivity contribution in [3.8, 4) is 16.9 Å². The minimum absolute atomic E-state index is 0.0689. The second kappa shape index (κ2) is 9.79. The lowest BCUT2D eigenvalue weighted by Gasteiger charge is -2.24. The van der Waals surface area contributed by atoms with Gasteiger partial charge in [-0.2, -0.15) is 0 Å². The number of carboxylic acid groups (broad SMARTS) is 1. The Labute approximate surface area is 204 Å². The van der Waals surface area contributed by atoms with Gasteiger partial charge >= 0.3 is 5.97 Å². The van der Waals surface area contributed by atoms with E-state index in [1.54, 1.807) is 37.6 Å². The van der Waals surface area contributed by atoms with Crippen LogP contribution in [0.4, 0.5) is 5.69 Å². The minimum Gasteiger partial charge on any atom is -0.496 e. The molecule has 9 heteroatoms. The minimum atomic E-state index is -3.56. The summed E-state index contributed by atoms with van der Waals surface area (Å²) in [7, 11) is -2.00. The van der Waals surface area contributed by atoms with Crippen LogP contribution in [0.2, 0.25) is 0 Å². The Morgan fingerprint density at radius 2 is 1.77 bits per heavy atom. The number of carboxylic acids is 1. The molecule has 1 aromatic heterocycles. The molecule has 0 unspecified atom stereocenters. The van der Waals surface area contributed by atoms with E-state index in [2.05, 4.69) is 9.71 Å². The van der Waals surface area contributed by atoms with Crippen LogP contribution in [-0.4, -0.2) is 37.8 Å². The zero-order chi connectivity index (χ0) is 26.0. The van der Waals surface area contributed by atoms with Crippen LogP contribution < -0.4 is 15.0 Å². The number of H-pyrrole nitrogens is 1. The number of benzene rings is 2. The maximum absolute atomic E-state index is 12.5. The molecule has 0 saturated carbocycles. The lowest BCUT2D eigenvalue weighted by atomic mass is 9.83. The third-order valence-electron chi connectivity index (χ3n) is 5.29. The molecule has 2 aromatic carbocycles. The average Bonchev–Trinajstić information content (AvgIpc) is 2.76. The van der Waals surface area contributed by atoms with Crippen molar-refractivity contribution in [1.82, 2.24) is 4.98 Å². The van der Waals surface area contributed by atoms with E-state index >= 15 is 0 Å². The Bertz CT molecular complexity index is 1460. The summed E-state index contributed by atoms with van der Waals surface area (Å²) >= 11 is 0. The fraction of sp³-hybridized carbons (Fsp3) is 0.231. The van der Waals surface area contributed by atoms with Crippen LogP contribution in [-0.2, 0) is 15.4 Å². The number of carbonyl (C=O) groups is 1. The summed E-state index contributed by atoms with van der Waals surface area (Å²) in [5.74, 6) is -0.592. The van der Waals surface area contributed by atoms with Crippen LogP contribution in [0.1, 0.15) is 47.8 Å². The van der Waals surface area contributed by atoms with Crippen molar-refractivity contribution in [2.75, 3.05) is 18.1 Å². The molecule has 0 aliphatic heterocycles. The molecule has 3 aromatic rings. The second-order valence-electron chi connectivity index (χ2n) is 9.12. The monoisotopic (exact) mass is 496 g/mol. The molecule has 0 atom stereocenters. The fourth-order valence-electron chi connectivity index (χ4n) is 3.71. The van der Waals surface area contributed by atoms with Crippen molar-refractivity contribution in [3.63, 3.8) is 0 Å². The largest absolute Gasteiger partial charge is 0.496 e. The highest BCUT2D eigenvalue weighted by atomic mass is 32.2. The summed E-state index contributed by atoms with van der Waals surface area (Å²) in [5, 5.41) is 9.69. The molecule has 0 bridgehead atoms. The number of rotatable bonds is 7. The van der Waals surface area contributed by atoms with Crippen LogP contribution in [0, 0.1) is 0 Å². The zero-order valence-corrected chi connectivity index (χ0v) is 21.0. The van der Waals surface area contributed by atoms with E-state index in [0.717, 1.165) is 11.8 Å². The lowest BCUT2D eigenvalue weighted by Crippen LogP contribution is -2.15. The highest BCUT2D eigenvalue weighted by Gasteiger charge is 2.23. The van der Waals surface area contributed by atoms with Gasteiger partial charge in [-0.15, -0.1) is 0 Å². The molecule has 0 aliphatic rings. The molecule has 184 valence electrons. The summed E-state index contributed by atoms with van der Waals surface area (Å²) in [4.78, 5) is 27.0. The van der Waals surface area contributed by atoms with Gasteiger partial charge in [0, 0.05) is 28.6 Å². The van der Waals surface area contributed by atoms with Gasteiger partial charge in [0.15, 0.2) is 0 Å². The summed E-state index contributed by atoms with van der Waals surface area (Å²) in [6, 6.07) is 11.5. The number of nitrogens with one attached hydrogen (secondary N) is 2. The van der Waals surface area contributed by atoms with Gasteiger partial charge in [0.05, 0.1) is 18.9 Å². The predicted molar refractivity (Wildman–Crippen MR) is 139 cm³/mol. The third-order valence-corrected chi connectivity index (χ3v) is 5.89. The topological polar surface area (TPSA) is 126 Å². The van der Waals surface area contributed by atoms with E-state index in [9.17, 15) is 23.1 Å². The number of pyridine rings is 1. The van der Waals surface area contributed by atoms with E-state index in [-0.39, 0.29) is 22.2 Å². The number of ether oxygens (including phenoxy) is 1. The number of aromatic carboxylic acids is 1. The highest BCUT2D eigenvalue weighted by molar-refractivity contribution is 7.92. The van der Waals surface area contributed by atoms with E-state index in [1.807, 2.05) is 32.9 Å². The van der Waals surface area contributed by atoms with Gasteiger partial charge in [-0.3, -0.25) is 9.52 Å². The molecular weight excluding hydrogens is 468 g/mol. The maximum atomic E-state index is 12.5. The summed E-state index contributed by atoms with van der Waals surface area (Å²) < 4.78 is 31.1. The molecule has 0 spiro atoms. The van der Waals surface area contributed by atoms with Gasteiger partial charge in [-0.1, -0.05) is 39.0 Å². The molecule has 8 nitrogen and oxygen atoms in total. The molecule has 3 rings (SSSR count). The normalized spacial score (nSPS) is 12.0. The van der Waals surface area contributed by atoms with E-state index in [4.69, 9.17) is 4.74 Å². The first-order valence-electron chi connectivity index (χ1n) is 10.7. The molecule has 0 aliphatic carbocycles. The van der Waals surface area contributed by atoms with Crippen molar-refractivity contribution >= 4 is 33.8 Å². The Kier molecular flexibility index (Phi) is 7.21. The molecule has 0 fully saturated rings. The number of hydrogen-bond acceptors (Lipinski definition) is 5. The van der Waals surface area contributed by atoms with Gasteiger partial charge in [-0.25, -0.2) is 13.2 Å². The van der Waals surface area contributed by atoms with Gasteiger partial charge in [0.1, 0.15) is 5.75 Å². The zero-order valence-electron chi connectivity index (χ0n) is 20.2. The van der Waals surface area contributed by atoms with Crippen molar-refractivity contribution in [2.24, 2.45) is 0 Å². The fourth-order valence-corrected chi connectivity index (χ4v) is 4.26. The number of aromatic nitrogens is 1. The molecule has 35 heavy (non-hydrogen) atoms. The quantitative estimate of drug-likeness (QED) is 0.411. The molecular formula is C26H28N2O6S. The van der Waals surface area contributed by atoms with E-state index < -0.39 is 16.0 Å². The van der Waals surface area contributed by atoms with Crippen molar-refractivity contribution in [2.45, 2.75) is 26.2 Å². The number of hydrogen-bond donors (Lipinski definition) is 3. The summed E-state index contributed by atoms with van der Waals surface area (Å²) in [5.41, 5.74) is 2.66. The molecule has 0 saturated heterocycles. The number of methoxy groups -OCH3 is 1. The van der Waals surface area contributed by atoms with Crippen molar-refractivity contribution in [3.05, 3.63) is 81.3 Å². The Morgan fingerprint density at radius 3 is 2.34 bits per heavy atom.